The number of amides is 1. The normalized spacial score (nSPS) is 25.5. The van der Waals surface area contributed by atoms with Crippen molar-refractivity contribution in [2.45, 2.75) is 31.5 Å². The molecular weight excluding hydrogens is 182 g/mol. The summed E-state index contributed by atoms with van der Waals surface area (Å²) in [6.45, 7) is 0.228. The maximum Gasteiger partial charge on any atom is 0.242 e. The first-order valence-electron chi connectivity index (χ1n) is 4.61. The number of carbonyl (C=O) groups excluding carboxylic acids is 1. The van der Waals surface area contributed by atoms with Gasteiger partial charge in [-0.15, -0.1) is 0 Å². The Balaban J connectivity index is 1.74. The minimum atomic E-state index is -0.0348. The summed E-state index contributed by atoms with van der Waals surface area (Å²) in [5, 5.41) is 6.72. The van der Waals surface area contributed by atoms with Crippen molar-refractivity contribution in [2.24, 2.45) is 5.73 Å². The first-order chi connectivity index (χ1) is 6.74. The molecule has 0 unspecified atom stereocenters. The molecule has 0 bridgehead atoms. The average molecular weight is 195 g/mol. The zero-order valence-corrected chi connectivity index (χ0v) is 7.76. The summed E-state index contributed by atoms with van der Waals surface area (Å²) in [7, 11) is 0. The van der Waals surface area contributed by atoms with E-state index in [1.165, 1.54) is 17.3 Å². The van der Waals surface area contributed by atoms with Gasteiger partial charge in [-0.2, -0.15) is 5.10 Å². The van der Waals surface area contributed by atoms with Crippen LogP contribution in [0.1, 0.15) is 12.8 Å². The number of nitrogens with two attached hydrogens (primary N) is 1. The molecule has 6 nitrogen and oxygen atoms in total. The predicted molar refractivity (Wildman–Crippen MR) is 49.2 cm³/mol. The van der Waals surface area contributed by atoms with Crippen molar-refractivity contribution >= 4 is 5.91 Å². The summed E-state index contributed by atoms with van der Waals surface area (Å²) >= 11 is 0. The van der Waals surface area contributed by atoms with Gasteiger partial charge in [0.25, 0.3) is 0 Å². The second-order valence-electron chi connectivity index (χ2n) is 3.59. The molecule has 1 saturated carbocycles. The molecule has 6 heteroatoms. The fourth-order valence-corrected chi connectivity index (χ4v) is 1.51. The number of nitrogens with zero attached hydrogens (tertiary/aromatic N) is 3. The van der Waals surface area contributed by atoms with E-state index in [9.17, 15) is 4.79 Å². The highest BCUT2D eigenvalue weighted by molar-refractivity contribution is 5.76. The Labute approximate surface area is 81.5 Å². The molecule has 0 saturated heterocycles. The third-order valence-corrected chi connectivity index (χ3v) is 2.31. The van der Waals surface area contributed by atoms with Gasteiger partial charge in [-0.05, 0) is 12.8 Å². The molecule has 3 N–H and O–H groups in total. The van der Waals surface area contributed by atoms with E-state index in [4.69, 9.17) is 5.73 Å². The van der Waals surface area contributed by atoms with Gasteiger partial charge in [0.15, 0.2) is 0 Å². The number of nitrogens with one attached hydrogen (secondary N) is 1. The minimum Gasteiger partial charge on any atom is -0.352 e. The Bertz CT molecular complexity index is 304. The van der Waals surface area contributed by atoms with Crippen LogP contribution in [-0.2, 0) is 11.3 Å². The Morgan fingerprint density at radius 1 is 1.64 bits per heavy atom. The van der Waals surface area contributed by atoms with Crippen molar-refractivity contribution < 1.29 is 4.79 Å². The van der Waals surface area contributed by atoms with Crippen LogP contribution in [0.3, 0.4) is 0 Å². The van der Waals surface area contributed by atoms with Crippen molar-refractivity contribution in [1.82, 2.24) is 20.1 Å². The van der Waals surface area contributed by atoms with E-state index < -0.39 is 0 Å². The molecule has 0 spiro atoms. The molecule has 1 aliphatic carbocycles. The van der Waals surface area contributed by atoms with Gasteiger partial charge >= 0.3 is 0 Å². The maximum atomic E-state index is 11.4. The number of carbonyl (C=O) groups is 1. The zero-order chi connectivity index (χ0) is 9.97. The number of hydrogen-bond donors (Lipinski definition) is 2. The van der Waals surface area contributed by atoms with Gasteiger partial charge in [0.2, 0.25) is 5.91 Å². The van der Waals surface area contributed by atoms with Crippen LogP contribution in [-0.4, -0.2) is 32.8 Å². The lowest BCUT2D eigenvalue weighted by molar-refractivity contribution is -0.123. The van der Waals surface area contributed by atoms with Gasteiger partial charge in [0.05, 0.1) is 0 Å². The Kier molecular flexibility index (Phi) is 2.45. The first kappa shape index (κ1) is 9.14. The smallest absolute Gasteiger partial charge is 0.242 e. The second kappa shape index (κ2) is 3.75. The van der Waals surface area contributed by atoms with Crippen LogP contribution in [0.2, 0.25) is 0 Å². The van der Waals surface area contributed by atoms with Crippen LogP contribution >= 0.6 is 0 Å². The maximum absolute atomic E-state index is 11.4. The van der Waals surface area contributed by atoms with E-state index in [2.05, 4.69) is 15.4 Å². The monoisotopic (exact) mass is 195 g/mol. The van der Waals surface area contributed by atoms with Crippen molar-refractivity contribution in [1.29, 1.82) is 0 Å². The molecule has 14 heavy (non-hydrogen) atoms. The molecule has 0 aliphatic heterocycles. The highest BCUT2D eigenvalue weighted by Crippen LogP contribution is 2.16. The standard InChI is InChI=1S/C8H13N5O/c9-6-1-7(2-6)12-8(14)3-13-5-10-4-11-13/h4-7H,1-3,9H2,(H,12,14). The minimum absolute atomic E-state index is 0.0348. The SMILES string of the molecule is NC1CC(NC(=O)Cn2cncn2)C1. The lowest BCUT2D eigenvalue weighted by Gasteiger charge is -2.32. The van der Waals surface area contributed by atoms with E-state index in [1.807, 2.05) is 0 Å². The topological polar surface area (TPSA) is 85.8 Å². The number of hydrogen-bond acceptors (Lipinski definition) is 4. The van der Waals surface area contributed by atoms with E-state index in [-0.39, 0.29) is 24.5 Å². The molecule has 2 rings (SSSR count). The molecule has 1 amide bonds. The molecule has 1 heterocycles. The lowest BCUT2D eigenvalue weighted by atomic mass is 9.88. The predicted octanol–water partition coefficient (Wildman–Crippen LogP) is -1.12. The Hall–Kier alpha value is -1.43. The molecule has 76 valence electrons. The lowest BCUT2D eigenvalue weighted by Crippen LogP contribution is -2.51. The van der Waals surface area contributed by atoms with Crippen LogP contribution in [0, 0.1) is 0 Å². The summed E-state index contributed by atoms with van der Waals surface area (Å²) in [4.78, 5) is 15.1. The molecule has 0 atom stereocenters. The number of rotatable bonds is 3. The molecule has 0 aromatic carbocycles. The molecule has 1 fully saturated rings. The van der Waals surface area contributed by atoms with Gasteiger partial charge < -0.3 is 11.1 Å². The third kappa shape index (κ3) is 2.08. The van der Waals surface area contributed by atoms with Gasteiger partial charge in [0, 0.05) is 12.1 Å². The average Bonchev–Trinajstić information content (AvgIpc) is 2.54. The summed E-state index contributed by atoms with van der Waals surface area (Å²) in [5.41, 5.74) is 5.60. The van der Waals surface area contributed by atoms with Gasteiger partial charge in [-0.25, -0.2) is 9.67 Å². The van der Waals surface area contributed by atoms with Crippen molar-refractivity contribution in [3.05, 3.63) is 12.7 Å². The summed E-state index contributed by atoms with van der Waals surface area (Å²) in [6, 6.07) is 0.507. The molecule has 1 aliphatic rings. The second-order valence-corrected chi connectivity index (χ2v) is 3.59. The first-order valence-corrected chi connectivity index (χ1v) is 4.61. The van der Waals surface area contributed by atoms with Crippen molar-refractivity contribution in [3.8, 4) is 0 Å². The van der Waals surface area contributed by atoms with Gasteiger partial charge in [-0.1, -0.05) is 0 Å². The van der Waals surface area contributed by atoms with E-state index in [0.717, 1.165) is 12.8 Å². The number of aromatic nitrogens is 3. The molecule has 0 radical (unpaired) electrons. The Morgan fingerprint density at radius 3 is 3.00 bits per heavy atom. The summed E-state index contributed by atoms with van der Waals surface area (Å²) in [5.74, 6) is -0.0348. The van der Waals surface area contributed by atoms with Gasteiger partial charge in [-0.3, -0.25) is 4.79 Å². The molecule has 1 aromatic rings. The van der Waals surface area contributed by atoms with Crippen LogP contribution in [0.25, 0.3) is 0 Å². The highest BCUT2D eigenvalue weighted by atomic mass is 16.2. The summed E-state index contributed by atoms with van der Waals surface area (Å²) in [6.07, 6.45) is 4.69. The van der Waals surface area contributed by atoms with Gasteiger partial charge in [0.1, 0.15) is 19.2 Å². The van der Waals surface area contributed by atoms with E-state index in [1.54, 1.807) is 0 Å². The third-order valence-electron chi connectivity index (χ3n) is 2.31. The fraction of sp³-hybridized carbons (Fsp3) is 0.625. The molecule has 1 aromatic heterocycles. The van der Waals surface area contributed by atoms with E-state index >= 15 is 0 Å². The summed E-state index contributed by atoms with van der Waals surface area (Å²) < 4.78 is 1.49. The molecular formula is C8H13N5O. The Morgan fingerprint density at radius 2 is 2.43 bits per heavy atom. The van der Waals surface area contributed by atoms with Crippen molar-refractivity contribution in [2.75, 3.05) is 0 Å². The van der Waals surface area contributed by atoms with Crippen LogP contribution in [0.5, 0.6) is 0 Å². The fourth-order valence-electron chi connectivity index (χ4n) is 1.51. The van der Waals surface area contributed by atoms with E-state index in [0.29, 0.717) is 0 Å². The van der Waals surface area contributed by atoms with Crippen LogP contribution < -0.4 is 11.1 Å². The largest absolute Gasteiger partial charge is 0.352 e. The van der Waals surface area contributed by atoms with Crippen molar-refractivity contribution in [3.63, 3.8) is 0 Å². The zero-order valence-electron chi connectivity index (χ0n) is 7.76. The highest BCUT2D eigenvalue weighted by Gasteiger charge is 2.26. The van der Waals surface area contributed by atoms with Crippen LogP contribution in [0.4, 0.5) is 0 Å². The van der Waals surface area contributed by atoms with Crippen LogP contribution in [0.15, 0.2) is 12.7 Å². The quantitative estimate of drug-likeness (QED) is 0.640.